The largest absolute Gasteiger partial charge is 0.416 e. The van der Waals surface area contributed by atoms with Crippen molar-refractivity contribution in [3.05, 3.63) is 29.8 Å². The summed E-state index contributed by atoms with van der Waals surface area (Å²) in [5, 5.41) is 0. The highest BCUT2D eigenvalue weighted by Gasteiger charge is 2.36. The van der Waals surface area contributed by atoms with Gasteiger partial charge in [0.15, 0.2) is 0 Å². The first kappa shape index (κ1) is 23.1. The maximum absolute atomic E-state index is 12.9. The van der Waals surface area contributed by atoms with Crippen LogP contribution in [0.4, 0.5) is 13.2 Å². The highest BCUT2D eigenvalue weighted by molar-refractivity contribution is 7.89. The minimum Gasteiger partial charge on any atom is -0.343 e. The number of amides is 1. The summed E-state index contributed by atoms with van der Waals surface area (Å²) >= 11 is 0. The number of sulfonamides is 1. The van der Waals surface area contributed by atoms with Crippen LogP contribution in [0.2, 0.25) is 0 Å². The summed E-state index contributed by atoms with van der Waals surface area (Å²) in [7, 11) is -2.19. The van der Waals surface area contributed by atoms with Crippen LogP contribution >= 0.6 is 0 Å². The van der Waals surface area contributed by atoms with Crippen molar-refractivity contribution in [2.75, 3.05) is 20.1 Å². The van der Waals surface area contributed by atoms with Gasteiger partial charge in [0.25, 0.3) is 0 Å². The Hall–Kier alpha value is -1.61. The number of alkyl halides is 3. The normalized spacial score (nSPS) is 20.7. The standard InChI is InChI=1S/C21H29F3N2O3S/c1-25(18-8-4-2-3-5-9-18)20(27)16-11-13-26(14-12-16)30(28,29)19-10-6-7-17(15-19)21(22,23)24/h6-7,10,15-16,18H,2-5,8-9,11-14H2,1H3. The molecule has 1 aromatic rings. The van der Waals surface area contributed by atoms with Gasteiger partial charge in [-0.05, 0) is 43.9 Å². The molecule has 1 aliphatic heterocycles. The van der Waals surface area contributed by atoms with Gasteiger partial charge in [0, 0.05) is 32.1 Å². The number of carbonyl (C=O) groups is 1. The molecule has 0 aromatic heterocycles. The van der Waals surface area contributed by atoms with E-state index in [1.165, 1.54) is 23.2 Å². The lowest BCUT2D eigenvalue weighted by atomic mass is 9.95. The van der Waals surface area contributed by atoms with Gasteiger partial charge in [0.1, 0.15) is 0 Å². The Morgan fingerprint density at radius 1 is 1.03 bits per heavy atom. The van der Waals surface area contributed by atoms with E-state index in [0.29, 0.717) is 18.9 Å². The van der Waals surface area contributed by atoms with E-state index < -0.39 is 21.8 Å². The fourth-order valence-electron chi connectivity index (χ4n) is 4.44. The molecular weight excluding hydrogens is 417 g/mol. The van der Waals surface area contributed by atoms with Crippen LogP contribution in [0.25, 0.3) is 0 Å². The zero-order valence-electron chi connectivity index (χ0n) is 17.2. The minimum absolute atomic E-state index is 0.0537. The number of benzene rings is 1. The zero-order valence-corrected chi connectivity index (χ0v) is 18.0. The van der Waals surface area contributed by atoms with E-state index in [0.717, 1.165) is 37.8 Å². The van der Waals surface area contributed by atoms with E-state index >= 15 is 0 Å². The van der Waals surface area contributed by atoms with Gasteiger partial charge in [0.2, 0.25) is 15.9 Å². The molecule has 3 rings (SSSR count). The third kappa shape index (κ3) is 5.17. The van der Waals surface area contributed by atoms with Gasteiger partial charge < -0.3 is 4.90 Å². The van der Waals surface area contributed by atoms with Crippen molar-refractivity contribution in [2.24, 2.45) is 5.92 Å². The summed E-state index contributed by atoms with van der Waals surface area (Å²) in [4.78, 5) is 14.4. The van der Waals surface area contributed by atoms with Crippen molar-refractivity contribution in [1.82, 2.24) is 9.21 Å². The molecular formula is C21H29F3N2O3S. The molecule has 1 saturated heterocycles. The quantitative estimate of drug-likeness (QED) is 0.649. The molecule has 0 bridgehead atoms. The molecule has 9 heteroatoms. The molecule has 1 aromatic carbocycles. The number of carbonyl (C=O) groups excluding carboxylic acids is 1. The van der Waals surface area contributed by atoms with Crippen LogP contribution in [0.15, 0.2) is 29.2 Å². The molecule has 2 aliphatic rings. The Morgan fingerprint density at radius 2 is 1.63 bits per heavy atom. The van der Waals surface area contributed by atoms with Crippen molar-refractivity contribution in [1.29, 1.82) is 0 Å². The second kappa shape index (κ2) is 9.26. The van der Waals surface area contributed by atoms with Crippen LogP contribution in [0.5, 0.6) is 0 Å². The predicted molar refractivity (Wildman–Crippen MR) is 107 cm³/mol. The first-order valence-electron chi connectivity index (χ1n) is 10.5. The average Bonchev–Trinajstić information content (AvgIpc) is 3.02. The summed E-state index contributed by atoms with van der Waals surface area (Å²) in [6, 6.07) is 4.06. The smallest absolute Gasteiger partial charge is 0.343 e. The molecule has 0 atom stereocenters. The molecule has 5 nitrogen and oxygen atoms in total. The molecule has 168 valence electrons. The average molecular weight is 447 g/mol. The fraction of sp³-hybridized carbons (Fsp3) is 0.667. The van der Waals surface area contributed by atoms with Gasteiger partial charge in [-0.15, -0.1) is 0 Å². The Morgan fingerprint density at radius 3 is 2.20 bits per heavy atom. The first-order valence-corrected chi connectivity index (χ1v) is 12.0. The second-order valence-electron chi connectivity index (χ2n) is 8.30. The van der Waals surface area contributed by atoms with Gasteiger partial charge in [-0.25, -0.2) is 8.42 Å². The predicted octanol–water partition coefficient (Wildman–Crippen LogP) is 4.29. The lowest BCUT2D eigenvalue weighted by Gasteiger charge is -2.35. The number of piperidine rings is 1. The van der Waals surface area contributed by atoms with Gasteiger partial charge in [-0.2, -0.15) is 17.5 Å². The van der Waals surface area contributed by atoms with Crippen molar-refractivity contribution >= 4 is 15.9 Å². The van der Waals surface area contributed by atoms with Crippen LogP contribution in [-0.2, 0) is 21.0 Å². The minimum atomic E-state index is -4.60. The summed E-state index contributed by atoms with van der Waals surface area (Å²) in [5.74, 6) is -0.191. The maximum Gasteiger partial charge on any atom is 0.416 e. The number of hydrogen-bond acceptors (Lipinski definition) is 3. The van der Waals surface area contributed by atoms with E-state index in [4.69, 9.17) is 0 Å². The summed E-state index contributed by atoms with van der Waals surface area (Å²) < 4.78 is 65.7. The lowest BCUT2D eigenvalue weighted by molar-refractivity contribution is -0.138. The van der Waals surface area contributed by atoms with Gasteiger partial charge in [0.05, 0.1) is 10.5 Å². The number of rotatable bonds is 4. The van der Waals surface area contributed by atoms with E-state index in [9.17, 15) is 26.4 Å². The number of hydrogen-bond donors (Lipinski definition) is 0. The van der Waals surface area contributed by atoms with Crippen LogP contribution < -0.4 is 0 Å². The van der Waals surface area contributed by atoms with Crippen molar-refractivity contribution in [3.8, 4) is 0 Å². The van der Waals surface area contributed by atoms with Crippen LogP contribution in [0, 0.1) is 5.92 Å². The lowest BCUT2D eigenvalue weighted by Crippen LogP contribution is -2.46. The van der Waals surface area contributed by atoms with E-state index in [1.54, 1.807) is 0 Å². The van der Waals surface area contributed by atoms with E-state index in [1.807, 2.05) is 11.9 Å². The SMILES string of the molecule is CN(C(=O)C1CCN(S(=O)(=O)c2cccc(C(F)(F)F)c2)CC1)C1CCCCCC1. The van der Waals surface area contributed by atoms with Gasteiger partial charge in [-0.3, -0.25) is 4.79 Å². The molecule has 1 aliphatic carbocycles. The molecule has 0 unspecified atom stereocenters. The Kier molecular flexibility index (Phi) is 7.12. The third-order valence-corrected chi connectivity index (χ3v) is 8.22. The molecule has 0 spiro atoms. The molecule has 2 fully saturated rings. The Balaban J connectivity index is 1.64. The monoisotopic (exact) mass is 446 g/mol. The third-order valence-electron chi connectivity index (χ3n) is 6.32. The Labute approximate surface area is 176 Å². The Bertz CT molecular complexity index is 841. The topological polar surface area (TPSA) is 57.7 Å². The first-order chi connectivity index (χ1) is 14.1. The van der Waals surface area contributed by atoms with Gasteiger partial charge >= 0.3 is 6.18 Å². The number of halogens is 3. The molecule has 0 N–H and O–H groups in total. The van der Waals surface area contributed by atoms with Crippen molar-refractivity contribution in [3.63, 3.8) is 0 Å². The molecule has 0 radical (unpaired) electrons. The van der Waals surface area contributed by atoms with Gasteiger partial charge in [-0.1, -0.05) is 31.7 Å². The highest BCUT2D eigenvalue weighted by atomic mass is 32.2. The zero-order chi connectivity index (χ0) is 21.9. The second-order valence-corrected chi connectivity index (χ2v) is 10.2. The number of nitrogens with zero attached hydrogens (tertiary/aromatic N) is 2. The van der Waals surface area contributed by atoms with Crippen LogP contribution in [0.1, 0.15) is 56.9 Å². The summed E-state index contributed by atoms with van der Waals surface area (Å²) in [6.45, 7) is 0.265. The molecule has 30 heavy (non-hydrogen) atoms. The molecule has 1 saturated carbocycles. The maximum atomic E-state index is 12.9. The van der Waals surface area contributed by atoms with Crippen molar-refractivity contribution < 1.29 is 26.4 Å². The summed E-state index contributed by atoms with van der Waals surface area (Å²) in [6.07, 6.45) is 2.81. The molecule has 1 amide bonds. The fourth-order valence-corrected chi connectivity index (χ4v) is 5.95. The highest BCUT2D eigenvalue weighted by Crippen LogP contribution is 2.32. The van der Waals surface area contributed by atoms with Crippen LogP contribution in [-0.4, -0.2) is 49.7 Å². The molecule has 1 heterocycles. The van der Waals surface area contributed by atoms with E-state index in [2.05, 4.69) is 0 Å². The summed E-state index contributed by atoms with van der Waals surface area (Å²) in [5.41, 5.74) is -0.987. The van der Waals surface area contributed by atoms with Crippen molar-refractivity contribution in [2.45, 2.75) is 68.5 Å². The van der Waals surface area contributed by atoms with Crippen LogP contribution in [0.3, 0.4) is 0 Å². The van der Waals surface area contributed by atoms with E-state index in [-0.39, 0.29) is 35.9 Å².